The van der Waals surface area contributed by atoms with E-state index in [2.05, 4.69) is 15.6 Å². The molecule has 1 atom stereocenters. The summed E-state index contributed by atoms with van der Waals surface area (Å²) in [5.74, 6) is 0.273. The summed E-state index contributed by atoms with van der Waals surface area (Å²) >= 11 is 1.34. The normalized spacial score (nSPS) is 15.5. The van der Waals surface area contributed by atoms with E-state index < -0.39 is 0 Å². The first-order valence-electron chi connectivity index (χ1n) is 8.74. The Labute approximate surface area is 171 Å². The van der Waals surface area contributed by atoms with Gasteiger partial charge in [-0.1, -0.05) is 33.1 Å². The Kier molecular flexibility index (Phi) is 12.1. The molecule has 1 aromatic rings. The summed E-state index contributed by atoms with van der Waals surface area (Å²) in [5, 5.41) is 8.18. The van der Waals surface area contributed by atoms with E-state index in [0.29, 0.717) is 23.3 Å². The molecule has 26 heavy (non-hydrogen) atoms. The summed E-state index contributed by atoms with van der Waals surface area (Å²) in [6.45, 7) is 4.13. The average Bonchev–Trinajstić information content (AvgIpc) is 3.00. The highest BCUT2D eigenvalue weighted by molar-refractivity contribution is 7.13. The van der Waals surface area contributed by atoms with Gasteiger partial charge in [-0.25, -0.2) is 4.98 Å². The number of rotatable bonds is 7. The topological polar surface area (TPSA) is 97.1 Å². The maximum Gasteiger partial charge on any atom is 0.228 e. The van der Waals surface area contributed by atoms with Gasteiger partial charge in [-0.05, 0) is 18.8 Å². The lowest BCUT2D eigenvalue weighted by molar-refractivity contribution is -0.121. The molecule has 1 aromatic heterocycles. The van der Waals surface area contributed by atoms with Gasteiger partial charge < -0.3 is 16.4 Å². The van der Waals surface area contributed by atoms with Crippen molar-refractivity contribution in [1.29, 1.82) is 0 Å². The Bertz CT molecular complexity index is 563. The maximum atomic E-state index is 12.3. The summed E-state index contributed by atoms with van der Waals surface area (Å²) < 4.78 is 0. The number of hydrogen-bond donors (Lipinski definition) is 3. The molecule has 1 aliphatic carbocycles. The van der Waals surface area contributed by atoms with Gasteiger partial charge in [0, 0.05) is 23.9 Å². The molecule has 0 saturated heterocycles. The second kappa shape index (κ2) is 12.5. The summed E-state index contributed by atoms with van der Waals surface area (Å²) in [4.78, 5) is 28.3. The molecule has 6 nitrogen and oxygen atoms in total. The number of thiazole rings is 1. The largest absolute Gasteiger partial charge is 0.351 e. The third kappa shape index (κ3) is 7.78. The summed E-state index contributed by atoms with van der Waals surface area (Å²) in [6, 6.07) is 0.0524. The molecule has 0 radical (unpaired) electrons. The van der Waals surface area contributed by atoms with Gasteiger partial charge in [0.1, 0.15) is 0 Å². The van der Waals surface area contributed by atoms with Crippen molar-refractivity contribution >= 4 is 53.1 Å². The number of nitrogens with zero attached hydrogens (tertiary/aromatic N) is 1. The van der Waals surface area contributed by atoms with Gasteiger partial charge in [-0.2, -0.15) is 0 Å². The molecule has 150 valence electrons. The predicted octanol–water partition coefficient (Wildman–Crippen LogP) is 3.15. The molecule has 2 rings (SSSR count). The lowest BCUT2D eigenvalue weighted by atomic mass is 9.84. The molecule has 4 N–H and O–H groups in total. The van der Waals surface area contributed by atoms with Gasteiger partial charge in [0.25, 0.3) is 0 Å². The van der Waals surface area contributed by atoms with Crippen molar-refractivity contribution in [3.63, 3.8) is 0 Å². The van der Waals surface area contributed by atoms with E-state index in [-0.39, 0.29) is 55.0 Å². The Morgan fingerprint density at radius 2 is 1.92 bits per heavy atom. The van der Waals surface area contributed by atoms with Crippen molar-refractivity contribution in [3.8, 4) is 0 Å². The van der Waals surface area contributed by atoms with Crippen molar-refractivity contribution in [2.45, 2.75) is 58.4 Å². The van der Waals surface area contributed by atoms with Crippen LogP contribution in [0, 0.1) is 11.8 Å². The van der Waals surface area contributed by atoms with Crippen LogP contribution in [0.1, 0.15) is 51.6 Å². The zero-order valence-corrected chi connectivity index (χ0v) is 17.8. The van der Waals surface area contributed by atoms with E-state index >= 15 is 0 Å². The van der Waals surface area contributed by atoms with Crippen molar-refractivity contribution in [2.24, 2.45) is 17.6 Å². The SMILES string of the molecule is CC(C)C(=O)Nc1nc(CC(=O)NC(CN)C2CCCCC2)cs1.Cl.Cl. The number of nitrogens with one attached hydrogen (secondary N) is 2. The molecule has 1 fully saturated rings. The van der Waals surface area contributed by atoms with Crippen LogP contribution < -0.4 is 16.4 Å². The smallest absolute Gasteiger partial charge is 0.228 e. The molecule has 2 amide bonds. The van der Waals surface area contributed by atoms with Crippen LogP contribution in [-0.2, 0) is 16.0 Å². The van der Waals surface area contributed by atoms with E-state index in [4.69, 9.17) is 5.73 Å². The third-order valence-electron chi connectivity index (χ3n) is 4.47. The zero-order valence-electron chi connectivity index (χ0n) is 15.3. The molecular formula is C17H30Cl2N4O2S. The van der Waals surface area contributed by atoms with Crippen LogP contribution in [0.2, 0.25) is 0 Å². The maximum absolute atomic E-state index is 12.3. The van der Waals surface area contributed by atoms with Crippen LogP contribution in [0.5, 0.6) is 0 Å². The second-order valence-electron chi connectivity index (χ2n) is 6.77. The van der Waals surface area contributed by atoms with Gasteiger partial charge in [0.15, 0.2) is 5.13 Å². The van der Waals surface area contributed by atoms with Crippen molar-refractivity contribution < 1.29 is 9.59 Å². The van der Waals surface area contributed by atoms with Crippen LogP contribution in [0.4, 0.5) is 5.13 Å². The molecular weight excluding hydrogens is 395 g/mol. The average molecular weight is 425 g/mol. The Morgan fingerprint density at radius 1 is 1.27 bits per heavy atom. The number of carbonyl (C=O) groups is 2. The highest BCUT2D eigenvalue weighted by Crippen LogP contribution is 2.26. The first-order valence-corrected chi connectivity index (χ1v) is 9.62. The fourth-order valence-corrected chi connectivity index (χ4v) is 3.74. The van der Waals surface area contributed by atoms with Crippen LogP contribution in [0.3, 0.4) is 0 Å². The summed E-state index contributed by atoms with van der Waals surface area (Å²) in [5.41, 5.74) is 6.53. The zero-order chi connectivity index (χ0) is 17.5. The monoisotopic (exact) mass is 424 g/mol. The van der Waals surface area contributed by atoms with Crippen molar-refractivity contribution in [3.05, 3.63) is 11.1 Å². The van der Waals surface area contributed by atoms with Gasteiger partial charge in [0.2, 0.25) is 11.8 Å². The minimum atomic E-state index is -0.0959. The second-order valence-corrected chi connectivity index (χ2v) is 7.63. The first-order chi connectivity index (χ1) is 11.5. The Balaban J connectivity index is 0.00000312. The number of anilines is 1. The van der Waals surface area contributed by atoms with Gasteiger partial charge in [-0.3, -0.25) is 9.59 Å². The highest BCUT2D eigenvalue weighted by Gasteiger charge is 2.24. The van der Waals surface area contributed by atoms with E-state index in [1.165, 1.54) is 30.6 Å². The predicted molar refractivity (Wildman–Crippen MR) is 111 cm³/mol. The number of aromatic nitrogens is 1. The number of halogens is 2. The van der Waals surface area contributed by atoms with Gasteiger partial charge in [-0.15, -0.1) is 36.2 Å². The minimum Gasteiger partial charge on any atom is -0.351 e. The molecule has 1 heterocycles. The molecule has 1 saturated carbocycles. The number of nitrogens with two attached hydrogens (primary N) is 1. The third-order valence-corrected chi connectivity index (χ3v) is 5.27. The van der Waals surface area contributed by atoms with Crippen LogP contribution in [-0.4, -0.2) is 29.4 Å². The molecule has 1 unspecified atom stereocenters. The first kappa shape index (κ1) is 25.1. The van der Waals surface area contributed by atoms with Crippen LogP contribution >= 0.6 is 36.2 Å². The lowest BCUT2D eigenvalue weighted by Gasteiger charge is -2.30. The van der Waals surface area contributed by atoms with E-state index in [0.717, 1.165) is 12.8 Å². The minimum absolute atomic E-state index is 0. The van der Waals surface area contributed by atoms with E-state index in [1.807, 2.05) is 19.2 Å². The van der Waals surface area contributed by atoms with E-state index in [9.17, 15) is 9.59 Å². The van der Waals surface area contributed by atoms with Gasteiger partial charge >= 0.3 is 0 Å². The fourth-order valence-electron chi connectivity index (χ4n) is 3.02. The molecule has 0 aromatic carbocycles. The summed E-state index contributed by atoms with van der Waals surface area (Å²) in [6.07, 6.45) is 6.24. The molecule has 1 aliphatic rings. The summed E-state index contributed by atoms with van der Waals surface area (Å²) in [7, 11) is 0. The molecule has 0 bridgehead atoms. The van der Waals surface area contributed by atoms with E-state index in [1.54, 1.807) is 0 Å². The number of carbonyl (C=O) groups excluding carboxylic acids is 2. The molecule has 9 heteroatoms. The number of hydrogen-bond acceptors (Lipinski definition) is 5. The van der Waals surface area contributed by atoms with Crippen molar-refractivity contribution in [1.82, 2.24) is 10.3 Å². The highest BCUT2D eigenvalue weighted by atomic mass is 35.5. The molecule has 0 aliphatic heterocycles. The van der Waals surface area contributed by atoms with Crippen LogP contribution in [0.25, 0.3) is 0 Å². The lowest BCUT2D eigenvalue weighted by Crippen LogP contribution is -2.46. The Hall–Kier alpha value is -0.890. The quantitative estimate of drug-likeness (QED) is 0.625. The standard InChI is InChI=1S/C17H28N4O2S.2ClH/c1-11(2)16(23)21-17-19-13(10-24-17)8-15(22)20-14(9-18)12-6-4-3-5-7-12;;/h10-12,14H,3-9,18H2,1-2H3,(H,20,22)(H,19,21,23);2*1H. The van der Waals surface area contributed by atoms with Gasteiger partial charge in [0.05, 0.1) is 12.1 Å². The van der Waals surface area contributed by atoms with Crippen molar-refractivity contribution in [2.75, 3.05) is 11.9 Å². The molecule has 0 spiro atoms. The van der Waals surface area contributed by atoms with Crippen LogP contribution in [0.15, 0.2) is 5.38 Å². The fraction of sp³-hybridized carbons (Fsp3) is 0.706. The Morgan fingerprint density at radius 3 is 2.50 bits per heavy atom. The number of amides is 2.